The average molecular weight is 373 g/mol. The van der Waals surface area contributed by atoms with Crippen LogP contribution in [-0.2, 0) is 14.3 Å². The molecule has 0 fully saturated rings. The maximum absolute atomic E-state index is 12.0. The van der Waals surface area contributed by atoms with E-state index in [1.165, 1.54) is 10.8 Å². The van der Waals surface area contributed by atoms with E-state index >= 15 is 0 Å². The Labute approximate surface area is 150 Å². The molecule has 0 aliphatic rings. The molecule has 0 bridgehead atoms. The average Bonchev–Trinajstić information content (AvgIpc) is 2.49. The quantitative estimate of drug-likeness (QED) is 0.424. The number of pyridine rings is 1. The topological polar surface area (TPSA) is 77.5 Å². The Hall–Kier alpha value is -1.41. The highest BCUT2D eigenvalue weighted by atomic mass is 33.1. The number of aromatic nitrogens is 1. The molecule has 0 aliphatic heterocycles. The summed E-state index contributed by atoms with van der Waals surface area (Å²) in [5.74, 6) is 0.201. The van der Waals surface area contributed by atoms with E-state index < -0.39 is 23.7 Å². The predicted molar refractivity (Wildman–Crippen MR) is 97.0 cm³/mol. The summed E-state index contributed by atoms with van der Waals surface area (Å²) in [5, 5.41) is 3.48. The van der Waals surface area contributed by atoms with Crippen LogP contribution in [0.4, 0.5) is 4.79 Å². The largest absolute Gasteiger partial charge is 0.464 e. The van der Waals surface area contributed by atoms with Crippen LogP contribution in [0.15, 0.2) is 29.4 Å². The van der Waals surface area contributed by atoms with Crippen LogP contribution < -0.4 is 5.32 Å². The third kappa shape index (κ3) is 9.02. The summed E-state index contributed by atoms with van der Waals surface area (Å²) in [6.45, 7) is 7.30. The van der Waals surface area contributed by atoms with E-state index in [2.05, 4.69) is 10.3 Å². The van der Waals surface area contributed by atoms with Gasteiger partial charge in [-0.2, -0.15) is 0 Å². The highest BCUT2D eigenvalue weighted by molar-refractivity contribution is 8.76. The summed E-state index contributed by atoms with van der Waals surface area (Å²) in [4.78, 5) is 28.1. The fraction of sp³-hybridized carbons (Fsp3) is 0.562. The normalized spacial score (nSPS) is 12.3. The number of amides is 1. The summed E-state index contributed by atoms with van der Waals surface area (Å²) in [6.07, 6.45) is 1.56. The van der Waals surface area contributed by atoms with Crippen molar-refractivity contribution in [1.82, 2.24) is 10.3 Å². The number of ether oxygens (including phenoxy) is 2. The van der Waals surface area contributed by atoms with Crippen LogP contribution in [0.5, 0.6) is 0 Å². The second kappa shape index (κ2) is 10.5. The van der Waals surface area contributed by atoms with Gasteiger partial charge in [-0.1, -0.05) is 16.9 Å². The van der Waals surface area contributed by atoms with Gasteiger partial charge in [0.2, 0.25) is 0 Å². The highest BCUT2D eigenvalue weighted by Crippen LogP contribution is 2.29. The molecule has 0 saturated heterocycles. The van der Waals surface area contributed by atoms with Crippen molar-refractivity contribution < 1.29 is 19.1 Å². The second-order valence-corrected chi connectivity index (χ2v) is 8.25. The van der Waals surface area contributed by atoms with E-state index in [1.54, 1.807) is 44.7 Å². The minimum atomic E-state index is -0.725. The fourth-order valence-electron chi connectivity index (χ4n) is 1.61. The molecular weight excluding hydrogens is 348 g/mol. The molecule has 1 unspecified atom stereocenters. The van der Waals surface area contributed by atoms with E-state index in [4.69, 9.17) is 9.47 Å². The molecule has 0 saturated carbocycles. The number of esters is 1. The van der Waals surface area contributed by atoms with E-state index in [0.717, 1.165) is 5.03 Å². The molecule has 0 aliphatic carbocycles. The van der Waals surface area contributed by atoms with Gasteiger partial charge in [-0.05, 0) is 57.0 Å². The van der Waals surface area contributed by atoms with Gasteiger partial charge in [-0.3, -0.25) is 0 Å². The van der Waals surface area contributed by atoms with Crippen molar-refractivity contribution in [1.29, 1.82) is 0 Å². The summed E-state index contributed by atoms with van der Waals surface area (Å²) >= 11 is 0. The first-order valence-electron chi connectivity index (χ1n) is 7.68. The van der Waals surface area contributed by atoms with E-state index in [0.29, 0.717) is 12.2 Å². The molecule has 1 rings (SSSR count). The van der Waals surface area contributed by atoms with Gasteiger partial charge in [0.25, 0.3) is 0 Å². The Bertz CT molecular complexity index is 521. The van der Waals surface area contributed by atoms with Crippen molar-refractivity contribution in [3.63, 3.8) is 0 Å². The molecule has 134 valence electrons. The lowest BCUT2D eigenvalue weighted by molar-refractivity contribution is -0.145. The maximum atomic E-state index is 12.0. The first-order chi connectivity index (χ1) is 11.3. The van der Waals surface area contributed by atoms with E-state index in [-0.39, 0.29) is 6.61 Å². The van der Waals surface area contributed by atoms with Crippen molar-refractivity contribution in [3.8, 4) is 0 Å². The summed E-state index contributed by atoms with van der Waals surface area (Å²) in [5.41, 5.74) is -0.618. The van der Waals surface area contributed by atoms with Gasteiger partial charge < -0.3 is 14.8 Å². The molecule has 0 spiro atoms. The minimum absolute atomic E-state index is 0.265. The van der Waals surface area contributed by atoms with Gasteiger partial charge in [0.05, 0.1) is 6.61 Å². The zero-order valence-electron chi connectivity index (χ0n) is 14.4. The molecule has 1 amide bonds. The fourth-order valence-corrected chi connectivity index (χ4v) is 3.58. The number of carbonyl (C=O) groups is 2. The minimum Gasteiger partial charge on any atom is -0.464 e. The molecule has 1 atom stereocenters. The third-order valence-electron chi connectivity index (χ3n) is 2.53. The molecule has 1 heterocycles. The van der Waals surface area contributed by atoms with Gasteiger partial charge in [-0.15, -0.1) is 0 Å². The molecule has 6 nitrogen and oxygen atoms in total. The van der Waals surface area contributed by atoms with Crippen molar-refractivity contribution in [3.05, 3.63) is 24.4 Å². The van der Waals surface area contributed by atoms with Crippen molar-refractivity contribution >= 4 is 33.7 Å². The lowest BCUT2D eigenvalue weighted by atomic mass is 10.2. The van der Waals surface area contributed by atoms with Gasteiger partial charge in [0.15, 0.2) is 0 Å². The molecule has 1 aromatic heterocycles. The number of hydrogen-bond donors (Lipinski definition) is 1. The molecule has 1 N–H and O–H groups in total. The molecule has 1 aromatic rings. The summed E-state index contributed by atoms with van der Waals surface area (Å²) < 4.78 is 10.2. The number of alkyl carbamates (subject to hydrolysis) is 1. The van der Waals surface area contributed by atoms with Crippen LogP contribution in [0, 0.1) is 0 Å². The first kappa shape index (κ1) is 20.6. The molecule has 24 heavy (non-hydrogen) atoms. The number of nitrogens with zero attached hydrogens (tertiary/aromatic N) is 1. The Morgan fingerprint density at radius 3 is 2.67 bits per heavy atom. The van der Waals surface area contributed by atoms with E-state index in [1.807, 2.05) is 18.2 Å². The molecular formula is C16H24N2O4S2. The summed E-state index contributed by atoms with van der Waals surface area (Å²) in [7, 11) is 3.09. The molecule has 0 radical (unpaired) electrons. The Morgan fingerprint density at radius 1 is 1.33 bits per heavy atom. The van der Waals surface area contributed by atoms with Crippen molar-refractivity contribution in [2.75, 3.05) is 12.4 Å². The van der Waals surface area contributed by atoms with Crippen molar-refractivity contribution in [2.24, 2.45) is 0 Å². The lowest BCUT2D eigenvalue weighted by Gasteiger charge is -2.22. The van der Waals surface area contributed by atoms with Gasteiger partial charge >= 0.3 is 12.1 Å². The molecule has 0 aromatic carbocycles. The van der Waals surface area contributed by atoms with Crippen LogP contribution in [-0.4, -0.2) is 41.0 Å². The Morgan fingerprint density at radius 2 is 2.08 bits per heavy atom. The third-order valence-corrected chi connectivity index (χ3v) is 4.83. The highest BCUT2D eigenvalue weighted by Gasteiger charge is 2.25. The van der Waals surface area contributed by atoms with Crippen LogP contribution in [0.25, 0.3) is 0 Å². The van der Waals surface area contributed by atoms with Gasteiger partial charge in [0.1, 0.15) is 16.7 Å². The van der Waals surface area contributed by atoms with Crippen LogP contribution in [0.3, 0.4) is 0 Å². The number of rotatable bonds is 8. The second-order valence-electron chi connectivity index (χ2n) is 5.81. The monoisotopic (exact) mass is 372 g/mol. The van der Waals surface area contributed by atoms with Crippen LogP contribution in [0.1, 0.15) is 34.1 Å². The lowest BCUT2D eigenvalue weighted by Crippen LogP contribution is -2.44. The Kier molecular flexibility index (Phi) is 8.99. The van der Waals surface area contributed by atoms with Gasteiger partial charge in [0, 0.05) is 11.9 Å². The molecule has 8 heteroatoms. The van der Waals surface area contributed by atoms with Crippen LogP contribution in [0.2, 0.25) is 0 Å². The Balaban J connectivity index is 2.47. The van der Waals surface area contributed by atoms with Gasteiger partial charge in [-0.25, -0.2) is 14.6 Å². The standard InChI is InChI=1S/C16H24N2O4S2/c1-5-21-14(19)12(18-15(20)22-16(2,3)4)9-11-23-24-13-8-6-7-10-17-13/h6-8,10,12H,5,9,11H2,1-4H3,(H,18,20). The summed E-state index contributed by atoms with van der Waals surface area (Å²) in [6, 6.07) is 4.97. The zero-order valence-corrected chi connectivity index (χ0v) is 16.0. The van der Waals surface area contributed by atoms with Crippen molar-refractivity contribution in [2.45, 2.75) is 50.8 Å². The smallest absolute Gasteiger partial charge is 0.408 e. The zero-order chi connectivity index (χ0) is 18.0. The van der Waals surface area contributed by atoms with E-state index in [9.17, 15) is 9.59 Å². The first-order valence-corrected chi connectivity index (χ1v) is 10.0. The maximum Gasteiger partial charge on any atom is 0.408 e. The SMILES string of the molecule is CCOC(=O)C(CCSSc1ccccn1)NC(=O)OC(C)(C)C. The number of nitrogens with one attached hydrogen (secondary N) is 1. The number of carbonyl (C=O) groups excluding carboxylic acids is 2. The van der Waals surface area contributed by atoms with Crippen LogP contribution >= 0.6 is 21.6 Å². The predicted octanol–water partition coefficient (Wildman–Crippen LogP) is 3.67. The number of hydrogen-bond acceptors (Lipinski definition) is 7.